The van der Waals surface area contributed by atoms with Gasteiger partial charge in [-0.05, 0) is 43.3 Å². The monoisotopic (exact) mass is 411 g/mol. The largest absolute Gasteiger partial charge is 0.497 e. The predicted molar refractivity (Wildman–Crippen MR) is 103 cm³/mol. The summed E-state index contributed by atoms with van der Waals surface area (Å²) in [6.45, 7) is 1.34. The highest BCUT2D eigenvalue weighted by Crippen LogP contribution is 2.29. The first-order valence-electron chi connectivity index (χ1n) is 7.98. The van der Waals surface area contributed by atoms with Gasteiger partial charge in [0.05, 0.1) is 25.8 Å². The summed E-state index contributed by atoms with van der Waals surface area (Å²) in [4.78, 5) is 24.2. The first-order valence-corrected chi connectivity index (χ1v) is 8.74. The van der Waals surface area contributed by atoms with Gasteiger partial charge in [-0.3, -0.25) is 4.79 Å². The lowest BCUT2D eigenvalue weighted by atomic mass is 10.1. The van der Waals surface area contributed by atoms with E-state index in [1.54, 1.807) is 32.2 Å². The van der Waals surface area contributed by atoms with Gasteiger partial charge in [0, 0.05) is 15.6 Å². The SMILES string of the molecule is COc1ccc(OC)c([C@@H](C)NC(=O)COC(=O)c2cc(Cl)cc(Cl)c2)c1. The molecule has 0 spiro atoms. The fourth-order valence-electron chi connectivity index (χ4n) is 2.42. The van der Waals surface area contributed by atoms with Gasteiger partial charge in [-0.25, -0.2) is 4.79 Å². The molecule has 1 N–H and O–H groups in total. The van der Waals surface area contributed by atoms with Crippen molar-refractivity contribution in [3.8, 4) is 11.5 Å². The van der Waals surface area contributed by atoms with E-state index in [0.717, 1.165) is 5.56 Å². The van der Waals surface area contributed by atoms with Gasteiger partial charge in [0.15, 0.2) is 6.61 Å². The summed E-state index contributed by atoms with van der Waals surface area (Å²) in [7, 11) is 3.09. The van der Waals surface area contributed by atoms with E-state index in [0.29, 0.717) is 21.5 Å². The number of methoxy groups -OCH3 is 2. The molecule has 6 nitrogen and oxygen atoms in total. The number of carbonyl (C=O) groups is 2. The van der Waals surface area contributed by atoms with Gasteiger partial charge in [-0.15, -0.1) is 0 Å². The molecular formula is C19H19Cl2NO5. The highest BCUT2D eigenvalue weighted by Gasteiger charge is 2.17. The summed E-state index contributed by atoms with van der Waals surface area (Å²) < 4.78 is 15.5. The molecule has 0 aromatic heterocycles. The van der Waals surface area contributed by atoms with E-state index in [1.165, 1.54) is 25.3 Å². The van der Waals surface area contributed by atoms with Gasteiger partial charge in [0.25, 0.3) is 5.91 Å². The Balaban J connectivity index is 1.98. The van der Waals surface area contributed by atoms with Crippen molar-refractivity contribution in [2.45, 2.75) is 13.0 Å². The zero-order valence-electron chi connectivity index (χ0n) is 15.0. The van der Waals surface area contributed by atoms with E-state index < -0.39 is 18.5 Å². The molecule has 0 aliphatic heterocycles. The van der Waals surface area contributed by atoms with E-state index in [-0.39, 0.29) is 11.6 Å². The van der Waals surface area contributed by atoms with E-state index >= 15 is 0 Å². The van der Waals surface area contributed by atoms with Gasteiger partial charge in [0.1, 0.15) is 11.5 Å². The Kier molecular flexibility index (Phi) is 7.33. The van der Waals surface area contributed by atoms with E-state index in [9.17, 15) is 9.59 Å². The van der Waals surface area contributed by atoms with Crippen molar-refractivity contribution in [1.29, 1.82) is 0 Å². The molecule has 0 unspecified atom stereocenters. The highest BCUT2D eigenvalue weighted by atomic mass is 35.5. The Hall–Kier alpha value is -2.44. The van der Waals surface area contributed by atoms with E-state index in [1.807, 2.05) is 0 Å². The van der Waals surface area contributed by atoms with Crippen LogP contribution in [0.3, 0.4) is 0 Å². The van der Waals surface area contributed by atoms with Crippen LogP contribution in [0.15, 0.2) is 36.4 Å². The maximum Gasteiger partial charge on any atom is 0.338 e. The van der Waals surface area contributed by atoms with Crippen LogP contribution in [0.1, 0.15) is 28.9 Å². The lowest BCUT2D eigenvalue weighted by molar-refractivity contribution is -0.124. The van der Waals surface area contributed by atoms with Crippen molar-refractivity contribution in [3.63, 3.8) is 0 Å². The summed E-state index contributed by atoms with van der Waals surface area (Å²) in [5, 5.41) is 3.35. The minimum Gasteiger partial charge on any atom is -0.497 e. The Morgan fingerprint density at radius 1 is 1.04 bits per heavy atom. The molecule has 1 amide bonds. The number of hydrogen-bond donors (Lipinski definition) is 1. The second-order valence-corrected chi connectivity index (χ2v) is 6.50. The lowest BCUT2D eigenvalue weighted by Crippen LogP contribution is -2.31. The van der Waals surface area contributed by atoms with Gasteiger partial charge in [-0.1, -0.05) is 23.2 Å². The molecule has 0 saturated carbocycles. The first kappa shape index (κ1) is 20.9. The zero-order valence-corrected chi connectivity index (χ0v) is 16.6. The second kappa shape index (κ2) is 9.48. The Bertz CT molecular complexity index is 821. The number of carbonyl (C=O) groups excluding carboxylic acids is 2. The standard InChI is InChI=1S/C19H19Cl2NO5/c1-11(16-9-15(25-2)4-5-17(16)26-3)22-18(23)10-27-19(24)12-6-13(20)8-14(21)7-12/h4-9,11H,10H2,1-3H3,(H,22,23)/t11-/m1/s1. The van der Waals surface area contributed by atoms with Crippen LogP contribution in [0.25, 0.3) is 0 Å². The third-order valence-corrected chi connectivity index (χ3v) is 4.15. The summed E-state index contributed by atoms with van der Waals surface area (Å²) >= 11 is 11.7. The van der Waals surface area contributed by atoms with Crippen LogP contribution in [0.2, 0.25) is 10.0 Å². The van der Waals surface area contributed by atoms with Crippen LogP contribution in [-0.4, -0.2) is 32.7 Å². The summed E-state index contributed by atoms with van der Waals surface area (Å²) in [5.74, 6) is 0.0836. The molecular weight excluding hydrogens is 393 g/mol. The van der Waals surface area contributed by atoms with Crippen LogP contribution in [0.4, 0.5) is 0 Å². The van der Waals surface area contributed by atoms with E-state index in [2.05, 4.69) is 5.32 Å². The Labute approximate surface area is 167 Å². The minimum atomic E-state index is -0.693. The van der Waals surface area contributed by atoms with E-state index in [4.69, 9.17) is 37.4 Å². The number of hydrogen-bond acceptors (Lipinski definition) is 5. The molecule has 27 heavy (non-hydrogen) atoms. The van der Waals surface area contributed by atoms with Gasteiger partial charge in [-0.2, -0.15) is 0 Å². The normalized spacial score (nSPS) is 11.4. The number of benzene rings is 2. The molecule has 2 rings (SSSR count). The molecule has 0 bridgehead atoms. The Morgan fingerprint density at radius 3 is 2.30 bits per heavy atom. The lowest BCUT2D eigenvalue weighted by Gasteiger charge is -2.18. The maximum atomic E-state index is 12.1. The molecule has 144 valence electrons. The van der Waals surface area contributed by atoms with Crippen LogP contribution < -0.4 is 14.8 Å². The number of ether oxygens (including phenoxy) is 3. The fraction of sp³-hybridized carbons (Fsp3) is 0.263. The number of nitrogens with one attached hydrogen (secondary N) is 1. The summed E-state index contributed by atoms with van der Waals surface area (Å²) in [6, 6.07) is 9.21. The van der Waals surface area contributed by atoms with Gasteiger partial charge >= 0.3 is 5.97 Å². The third-order valence-electron chi connectivity index (χ3n) is 3.71. The van der Waals surface area contributed by atoms with Crippen LogP contribution >= 0.6 is 23.2 Å². The first-order chi connectivity index (χ1) is 12.8. The number of rotatable bonds is 7. The molecule has 8 heteroatoms. The van der Waals surface area contributed by atoms with Crippen molar-refractivity contribution < 1.29 is 23.8 Å². The third kappa shape index (κ3) is 5.77. The average molecular weight is 412 g/mol. The van der Waals surface area contributed by atoms with Crippen molar-refractivity contribution >= 4 is 35.1 Å². The summed E-state index contributed by atoms with van der Waals surface area (Å²) in [6.07, 6.45) is 0. The number of halogens is 2. The molecule has 0 aliphatic carbocycles. The molecule has 2 aromatic carbocycles. The molecule has 0 aliphatic rings. The van der Waals surface area contributed by atoms with Crippen molar-refractivity contribution in [1.82, 2.24) is 5.32 Å². The zero-order chi connectivity index (χ0) is 20.0. The Morgan fingerprint density at radius 2 is 1.70 bits per heavy atom. The summed E-state index contributed by atoms with van der Waals surface area (Å²) in [5.41, 5.74) is 0.904. The molecule has 0 saturated heterocycles. The average Bonchev–Trinajstić information content (AvgIpc) is 2.64. The quantitative estimate of drug-likeness (QED) is 0.695. The molecule has 0 fully saturated rings. The van der Waals surface area contributed by atoms with Crippen molar-refractivity contribution in [2.75, 3.05) is 20.8 Å². The maximum absolute atomic E-state index is 12.1. The van der Waals surface area contributed by atoms with Crippen molar-refractivity contribution in [2.24, 2.45) is 0 Å². The molecule has 1 atom stereocenters. The molecule has 2 aromatic rings. The number of amides is 1. The smallest absolute Gasteiger partial charge is 0.338 e. The minimum absolute atomic E-state index is 0.169. The number of esters is 1. The van der Waals surface area contributed by atoms with Crippen LogP contribution in [0.5, 0.6) is 11.5 Å². The van der Waals surface area contributed by atoms with Crippen molar-refractivity contribution in [3.05, 3.63) is 57.6 Å². The topological polar surface area (TPSA) is 73.9 Å². The fourth-order valence-corrected chi connectivity index (χ4v) is 2.95. The van der Waals surface area contributed by atoms with Gasteiger partial charge in [0.2, 0.25) is 0 Å². The predicted octanol–water partition coefficient (Wildman–Crippen LogP) is 4.04. The molecule has 0 heterocycles. The van der Waals surface area contributed by atoms with Crippen LogP contribution in [-0.2, 0) is 9.53 Å². The second-order valence-electron chi connectivity index (χ2n) is 5.63. The van der Waals surface area contributed by atoms with Crippen LogP contribution in [0, 0.1) is 0 Å². The molecule has 0 radical (unpaired) electrons. The highest BCUT2D eigenvalue weighted by molar-refractivity contribution is 6.35. The van der Waals surface area contributed by atoms with Gasteiger partial charge < -0.3 is 19.5 Å².